The number of anilines is 1. The Morgan fingerprint density at radius 1 is 1.41 bits per heavy atom. The molecule has 2 heterocycles. The van der Waals surface area contributed by atoms with Crippen LogP contribution in [-0.4, -0.2) is 27.9 Å². The van der Waals surface area contributed by atoms with Gasteiger partial charge in [0.2, 0.25) is 0 Å². The number of nitrogens with one attached hydrogen (secondary N) is 2. The third-order valence-corrected chi connectivity index (χ3v) is 5.27. The van der Waals surface area contributed by atoms with Gasteiger partial charge >= 0.3 is 6.18 Å². The molecule has 3 unspecified atom stereocenters. The van der Waals surface area contributed by atoms with Crippen LogP contribution in [0.25, 0.3) is 0 Å². The summed E-state index contributed by atoms with van der Waals surface area (Å²) < 4.78 is 42.7. The zero-order valence-electron chi connectivity index (χ0n) is 14.8. The minimum atomic E-state index is -4.47. The van der Waals surface area contributed by atoms with Crippen LogP contribution in [0.5, 0.6) is 0 Å². The molecule has 1 aromatic heterocycles. The Bertz CT molecular complexity index is 819. The molecule has 0 saturated heterocycles. The minimum absolute atomic E-state index is 0.0858. The summed E-state index contributed by atoms with van der Waals surface area (Å²) in [6.45, 7) is 3.75. The molecule has 5 nitrogen and oxygen atoms in total. The van der Waals surface area contributed by atoms with E-state index in [1.165, 1.54) is 6.20 Å². The average molecular weight is 445 g/mol. The van der Waals surface area contributed by atoms with Gasteiger partial charge < -0.3 is 10.6 Å². The van der Waals surface area contributed by atoms with E-state index in [0.29, 0.717) is 5.56 Å². The lowest BCUT2D eigenvalue weighted by Crippen LogP contribution is -2.37. The molecule has 0 radical (unpaired) electrons. The fourth-order valence-corrected chi connectivity index (χ4v) is 3.31. The molecule has 0 spiro atoms. The Balaban J connectivity index is 1.98. The van der Waals surface area contributed by atoms with Crippen LogP contribution in [0.1, 0.15) is 54.7 Å². The van der Waals surface area contributed by atoms with Gasteiger partial charge in [-0.1, -0.05) is 35.0 Å². The third kappa shape index (κ3) is 4.12. The smallest absolute Gasteiger partial charge is 0.363 e. The first-order valence-corrected chi connectivity index (χ1v) is 9.47. The SMILES string of the molecule is CCC(C)NC(=O)c1cnn2c1NC(c1ccc(Br)cc1)CC2C(F)(F)F. The minimum Gasteiger partial charge on any atom is -0.363 e. The van der Waals surface area contributed by atoms with Crippen LogP contribution in [0.2, 0.25) is 0 Å². The molecular weight excluding hydrogens is 425 g/mol. The lowest BCUT2D eigenvalue weighted by molar-refractivity contribution is -0.173. The predicted molar refractivity (Wildman–Crippen MR) is 99.7 cm³/mol. The number of halogens is 4. The Kier molecular flexibility index (Phi) is 5.50. The first-order valence-electron chi connectivity index (χ1n) is 8.67. The number of carbonyl (C=O) groups excluding carboxylic acids is 1. The van der Waals surface area contributed by atoms with E-state index in [1.807, 2.05) is 13.8 Å². The summed E-state index contributed by atoms with van der Waals surface area (Å²) in [5, 5.41) is 9.72. The van der Waals surface area contributed by atoms with Gasteiger partial charge in [-0.25, -0.2) is 4.68 Å². The van der Waals surface area contributed by atoms with Crippen molar-refractivity contribution in [2.75, 3.05) is 5.32 Å². The molecule has 3 atom stereocenters. The number of carbonyl (C=O) groups is 1. The van der Waals surface area contributed by atoms with Crippen molar-refractivity contribution in [3.63, 3.8) is 0 Å². The van der Waals surface area contributed by atoms with Crippen molar-refractivity contribution in [3.8, 4) is 0 Å². The van der Waals surface area contributed by atoms with Gasteiger partial charge in [-0.3, -0.25) is 4.79 Å². The first-order chi connectivity index (χ1) is 12.7. The fourth-order valence-electron chi connectivity index (χ4n) is 3.05. The van der Waals surface area contributed by atoms with Crippen LogP contribution in [0.4, 0.5) is 19.0 Å². The van der Waals surface area contributed by atoms with Crippen molar-refractivity contribution in [1.82, 2.24) is 15.1 Å². The average Bonchev–Trinajstić information content (AvgIpc) is 3.04. The van der Waals surface area contributed by atoms with Crippen LogP contribution in [0.3, 0.4) is 0 Å². The molecule has 0 fully saturated rings. The van der Waals surface area contributed by atoms with Gasteiger partial charge in [0.05, 0.1) is 12.2 Å². The normalized spacial score (nSPS) is 20.5. The zero-order chi connectivity index (χ0) is 19.8. The van der Waals surface area contributed by atoms with Crippen LogP contribution < -0.4 is 10.6 Å². The second kappa shape index (κ2) is 7.53. The highest BCUT2D eigenvalue weighted by Crippen LogP contribution is 2.44. The molecule has 1 aliphatic heterocycles. The summed E-state index contributed by atoms with van der Waals surface area (Å²) in [7, 11) is 0. The van der Waals surface area contributed by atoms with Crippen LogP contribution in [-0.2, 0) is 0 Å². The molecule has 2 aromatic rings. The second-order valence-electron chi connectivity index (χ2n) is 6.68. The second-order valence-corrected chi connectivity index (χ2v) is 7.59. The molecule has 2 N–H and O–H groups in total. The number of amides is 1. The lowest BCUT2D eigenvalue weighted by atomic mass is 9.96. The summed E-state index contributed by atoms with van der Waals surface area (Å²) in [6, 6.07) is 4.62. The highest BCUT2D eigenvalue weighted by atomic mass is 79.9. The number of alkyl halides is 3. The maximum Gasteiger partial charge on any atom is 0.410 e. The highest BCUT2D eigenvalue weighted by Gasteiger charge is 2.47. The Hall–Kier alpha value is -2.03. The maximum absolute atomic E-state index is 13.7. The molecule has 1 aromatic carbocycles. The van der Waals surface area contributed by atoms with E-state index >= 15 is 0 Å². The number of hydrogen-bond donors (Lipinski definition) is 2. The molecule has 9 heteroatoms. The van der Waals surface area contributed by atoms with E-state index in [4.69, 9.17) is 0 Å². The van der Waals surface area contributed by atoms with Crippen molar-refractivity contribution < 1.29 is 18.0 Å². The maximum atomic E-state index is 13.7. The van der Waals surface area contributed by atoms with Gasteiger partial charge in [0.1, 0.15) is 11.4 Å². The van der Waals surface area contributed by atoms with E-state index < -0.39 is 24.2 Å². The number of rotatable bonds is 4. The molecule has 1 amide bonds. The Labute approximate surface area is 163 Å². The number of aromatic nitrogens is 2. The van der Waals surface area contributed by atoms with Crippen molar-refractivity contribution in [3.05, 3.63) is 46.1 Å². The lowest BCUT2D eigenvalue weighted by Gasteiger charge is -2.34. The summed E-state index contributed by atoms with van der Waals surface area (Å²) in [5.41, 5.74) is 0.833. The fraction of sp³-hybridized carbons (Fsp3) is 0.444. The van der Waals surface area contributed by atoms with Gasteiger partial charge in [0.25, 0.3) is 5.91 Å². The van der Waals surface area contributed by atoms with E-state index in [0.717, 1.165) is 15.6 Å². The van der Waals surface area contributed by atoms with Gasteiger partial charge in [-0.2, -0.15) is 18.3 Å². The summed E-state index contributed by atoms with van der Waals surface area (Å²) >= 11 is 3.33. The summed E-state index contributed by atoms with van der Waals surface area (Å²) in [4.78, 5) is 12.5. The predicted octanol–water partition coefficient (Wildman–Crippen LogP) is 4.83. The standard InChI is InChI=1S/C18H20BrF3N4O/c1-3-10(2)24-17(27)13-9-23-26-15(18(20,21)22)8-14(25-16(13)26)11-4-6-12(19)7-5-11/h4-7,9-10,14-15,25H,3,8H2,1-2H3,(H,24,27). The number of benzene rings is 1. The molecule has 3 rings (SSSR count). The molecule has 1 aliphatic rings. The molecular formula is C18H20BrF3N4O. The van der Waals surface area contributed by atoms with Gasteiger partial charge in [0, 0.05) is 16.9 Å². The van der Waals surface area contributed by atoms with Gasteiger partial charge in [-0.05, 0) is 31.0 Å². The largest absolute Gasteiger partial charge is 0.410 e. The molecule has 146 valence electrons. The van der Waals surface area contributed by atoms with Crippen molar-refractivity contribution in [1.29, 1.82) is 0 Å². The molecule has 0 saturated carbocycles. The van der Waals surface area contributed by atoms with Crippen molar-refractivity contribution >= 4 is 27.7 Å². The Morgan fingerprint density at radius 2 is 2.07 bits per heavy atom. The van der Waals surface area contributed by atoms with E-state index in [-0.39, 0.29) is 23.8 Å². The molecule has 27 heavy (non-hydrogen) atoms. The summed E-state index contributed by atoms with van der Waals surface area (Å²) in [5.74, 6) is -0.340. The third-order valence-electron chi connectivity index (χ3n) is 4.75. The topological polar surface area (TPSA) is 59.0 Å². The highest BCUT2D eigenvalue weighted by molar-refractivity contribution is 9.10. The van der Waals surface area contributed by atoms with Gasteiger partial charge in [0.15, 0.2) is 6.04 Å². The van der Waals surface area contributed by atoms with E-state index in [9.17, 15) is 18.0 Å². The van der Waals surface area contributed by atoms with Crippen LogP contribution in [0.15, 0.2) is 34.9 Å². The van der Waals surface area contributed by atoms with Crippen molar-refractivity contribution in [2.45, 2.75) is 51.0 Å². The zero-order valence-corrected chi connectivity index (χ0v) is 16.4. The van der Waals surface area contributed by atoms with Crippen LogP contribution in [0, 0.1) is 0 Å². The first kappa shape index (κ1) is 19.7. The van der Waals surface area contributed by atoms with Crippen molar-refractivity contribution in [2.24, 2.45) is 0 Å². The number of hydrogen-bond acceptors (Lipinski definition) is 3. The Morgan fingerprint density at radius 3 is 2.67 bits per heavy atom. The summed E-state index contributed by atoms with van der Waals surface area (Å²) in [6.07, 6.45) is -2.76. The van der Waals surface area contributed by atoms with E-state index in [1.54, 1.807) is 24.3 Å². The quantitative estimate of drug-likeness (QED) is 0.709. The molecule has 0 bridgehead atoms. The van der Waals surface area contributed by atoms with Gasteiger partial charge in [-0.15, -0.1) is 0 Å². The number of fused-ring (bicyclic) bond motifs is 1. The molecule has 0 aliphatic carbocycles. The van der Waals surface area contributed by atoms with E-state index in [2.05, 4.69) is 31.7 Å². The van der Waals surface area contributed by atoms with Crippen LogP contribution >= 0.6 is 15.9 Å². The monoisotopic (exact) mass is 444 g/mol. The number of nitrogens with zero attached hydrogens (tertiary/aromatic N) is 2.